The molecule has 1 saturated heterocycles. The summed E-state index contributed by atoms with van der Waals surface area (Å²) in [5, 5.41) is 21.3. The second-order valence-electron chi connectivity index (χ2n) is 10.3. The molecule has 0 spiro atoms. The van der Waals surface area contributed by atoms with Crippen LogP contribution in [0.15, 0.2) is 24.5 Å². The Bertz CT molecular complexity index is 1220. The molecule has 2 aliphatic carbocycles. The third-order valence-corrected chi connectivity index (χ3v) is 7.57. The number of H-pyrrole nitrogens is 1. The minimum absolute atomic E-state index is 0.189. The van der Waals surface area contributed by atoms with Gasteiger partial charge in [0.25, 0.3) is 0 Å². The van der Waals surface area contributed by atoms with Gasteiger partial charge in [0.05, 0.1) is 18.1 Å². The van der Waals surface area contributed by atoms with Gasteiger partial charge in [-0.15, -0.1) is 0 Å². The molecule has 0 bridgehead atoms. The molecule has 0 radical (unpaired) electrons. The number of nitrogens with zero attached hydrogens (tertiary/aromatic N) is 4. The summed E-state index contributed by atoms with van der Waals surface area (Å²) >= 11 is 0. The number of halogens is 1. The molecular weight excluding hydrogens is 451 g/mol. The molecule has 4 N–H and O–H groups in total. The van der Waals surface area contributed by atoms with Crippen LogP contribution >= 0.6 is 0 Å². The highest BCUT2D eigenvalue weighted by Crippen LogP contribution is 2.39. The lowest BCUT2D eigenvalue weighted by atomic mass is 9.95. The number of hydrogen-bond donors (Lipinski definition) is 4. The first-order valence-corrected chi connectivity index (χ1v) is 12.5. The number of carbonyl (C=O) groups is 1. The average Bonchev–Trinajstić information content (AvgIpc) is 3.22. The summed E-state index contributed by atoms with van der Waals surface area (Å²) in [5.41, 5.74) is 2.34. The number of aromatic nitrogens is 5. The van der Waals surface area contributed by atoms with Crippen molar-refractivity contribution in [3.8, 4) is 0 Å². The number of alkyl halides is 1. The van der Waals surface area contributed by atoms with Crippen molar-refractivity contribution in [2.45, 2.75) is 75.1 Å². The topological polar surface area (TPSA) is 121 Å². The molecule has 2 saturated carbocycles. The number of rotatable bonds is 6. The summed E-state index contributed by atoms with van der Waals surface area (Å²) in [4.78, 5) is 17.0. The molecular formula is C24H31FN8O2. The lowest BCUT2D eigenvalue weighted by Gasteiger charge is -2.22. The molecule has 0 aromatic carbocycles. The molecule has 3 aliphatic rings. The summed E-state index contributed by atoms with van der Waals surface area (Å²) in [5.74, 6) is 1.21. The number of ether oxygens (including phenoxy) is 1. The van der Waals surface area contributed by atoms with Crippen molar-refractivity contribution in [2.24, 2.45) is 0 Å². The molecule has 4 heterocycles. The van der Waals surface area contributed by atoms with Crippen LogP contribution in [0.4, 0.5) is 20.8 Å². The highest BCUT2D eigenvalue weighted by Gasteiger charge is 2.43. The molecule has 10 nitrogen and oxygen atoms in total. The van der Waals surface area contributed by atoms with E-state index in [9.17, 15) is 4.79 Å². The molecule has 6 rings (SSSR count). The van der Waals surface area contributed by atoms with Gasteiger partial charge in [-0.3, -0.25) is 5.10 Å². The van der Waals surface area contributed by atoms with Crippen molar-refractivity contribution in [1.82, 2.24) is 35.4 Å². The molecule has 186 valence electrons. The normalized spacial score (nSPS) is 26.1. The Balaban J connectivity index is 1.15. The van der Waals surface area contributed by atoms with E-state index in [0.717, 1.165) is 50.0 Å². The summed E-state index contributed by atoms with van der Waals surface area (Å²) < 4.78 is 22.4. The summed E-state index contributed by atoms with van der Waals surface area (Å²) in [6.45, 7) is 3.92. The van der Waals surface area contributed by atoms with Crippen LogP contribution < -0.4 is 16.0 Å². The standard InChI is InChI=1S/C24H31FN8O2/c1-24(7-8-24)30-23(34)35-19-3-2-15(21(19)25)16-12-20(32-31-16)29-22-18-6-11-27-33(18)13-17(28-22)14-4-9-26-10-5-14/h6,11-15,19,21,26H,2-5,7-10H2,1H3,(H,30,34)(H2,28,29,31,32)/t15-,19-,21+/m1/s1. The molecule has 3 atom stereocenters. The zero-order chi connectivity index (χ0) is 24.0. The summed E-state index contributed by atoms with van der Waals surface area (Å²) in [6, 6.07) is 3.72. The quantitative estimate of drug-likeness (QED) is 0.424. The van der Waals surface area contributed by atoms with Crippen LogP contribution in [0.1, 0.15) is 68.7 Å². The maximum Gasteiger partial charge on any atom is 0.407 e. The van der Waals surface area contributed by atoms with E-state index in [4.69, 9.17) is 9.72 Å². The Hall–Kier alpha value is -3.21. The number of piperidine rings is 1. The predicted octanol–water partition coefficient (Wildman–Crippen LogP) is 3.53. The number of fused-ring (bicyclic) bond motifs is 1. The van der Waals surface area contributed by atoms with Crippen molar-refractivity contribution in [3.05, 3.63) is 35.9 Å². The van der Waals surface area contributed by atoms with Gasteiger partial charge in [0.15, 0.2) is 11.6 Å². The van der Waals surface area contributed by atoms with Crippen molar-refractivity contribution < 1.29 is 13.9 Å². The largest absolute Gasteiger partial charge is 0.443 e. The fourth-order valence-electron chi connectivity index (χ4n) is 5.16. The number of hydrogen-bond acceptors (Lipinski definition) is 7. The van der Waals surface area contributed by atoms with E-state index >= 15 is 4.39 Å². The fraction of sp³-hybridized carbons (Fsp3) is 0.583. The van der Waals surface area contributed by atoms with Gasteiger partial charge in [-0.25, -0.2) is 18.7 Å². The minimum Gasteiger partial charge on any atom is -0.443 e. The lowest BCUT2D eigenvalue weighted by molar-refractivity contribution is 0.0546. The third-order valence-electron chi connectivity index (χ3n) is 7.57. The van der Waals surface area contributed by atoms with Crippen molar-refractivity contribution in [1.29, 1.82) is 0 Å². The second kappa shape index (κ2) is 8.78. The van der Waals surface area contributed by atoms with E-state index in [1.807, 2.05) is 29.8 Å². The first-order valence-electron chi connectivity index (χ1n) is 12.5. The van der Waals surface area contributed by atoms with E-state index in [2.05, 4.69) is 31.2 Å². The van der Waals surface area contributed by atoms with E-state index in [1.165, 1.54) is 0 Å². The number of nitrogens with one attached hydrogen (secondary N) is 4. The summed E-state index contributed by atoms with van der Waals surface area (Å²) in [6.07, 6.45) is 6.16. The van der Waals surface area contributed by atoms with Crippen LogP contribution in [0.25, 0.3) is 5.52 Å². The zero-order valence-electron chi connectivity index (χ0n) is 19.8. The van der Waals surface area contributed by atoms with E-state index in [1.54, 1.807) is 6.20 Å². The number of alkyl carbamates (subject to hydrolysis) is 1. The van der Waals surface area contributed by atoms with Gasteiger partial charge in [-0.2, -0.15) is 10.2 Å². The second-order valence-corrected chi connectivity index (χ2v) is 10.3. The Morgan fingerprint density at radius 1 is 1.26 bits per heavy atom. The fourth-order valence-corrected chi connectivity index (χ4v) is 5.16. The molecule has 1 aliphatic heterocycles. The smallest absolute Gasteiger partial charge is 0.407 e. The molecule has 0 unspecified atom stereocenters. The van der Waals surface area contributed by atoms with Crippen LogP contribution in [0.2, 0.25) is 0 Å². The van der Waals surface area contributed by atoms with E-state index in [0.29, 0.717) is 36.1 Å². The molecule has 11 heteroatoms. The Labute approximate surface area is 202 Å². The molecule has 3 aromatic heterocycles. The average molecular weight is 483 g/mol. The number of anilines is 2. The molecule has 3 aromatic rings. The number of amides is 1. The van der Waals surface area contributed by atoms with Crippen LogP contribution in [0.5, 0.6) is 0 Å². The van der Waals surface area contributed by atoms with Crippen molar-refractivity contribution >= 4 is 23.2 Å². The van der Waals surface area contributed by atoms with E-state index < -0.39 is 24.3 Å². The third kappa shape index (κ3) is 4.56. The first kappa shape index (κ1) is 22.3. The highest BCUT2D eigenvalue weighted by atomic mass is 19.1. The van der Waals surface area contributed by atoms with Gasteiger partial charge in [-0.1, -0.05) is 0 Å². The predicted molar refractivity (Wildman–Crippen MR) is 128 cm³/mol. The van der Waals surface area contributed by atoms with Crippen LogP contribution in [-0.2, 0) is 4.74 Å². The van der Waals surface area contributed by atoms with Gasteiger partial charge in [-0.05, 0) is 64.6 Å². The summed E-state index contributed by atoms with van der Waals surface area (Å²) in [7, 11) is 0. The van der Waals surface area contributed by atoms with Crippen molar-refractivity contribution in [2.75, 3.05) is 18.4 Å². The van der Waals surface area contributed by atoms with E-state index in [-0.39, 0.29) is 5.54 Å². The Morgan fingerprint density at radius 3 is 2.89 bits per heavy atom. The molecule has 1 amide bonds. The van der Waals surface area contributed by atoms with Crippen LogP contribution in [0, 0.1) is 0 Å². The van der Waals surface area contributed by atoms with Gasteiger partial charge in [0.1, 0.15) is 17.8 Å². The number of aromatic amines is 1. The SMILES string of the molecule is CC1(NC(=O)O[C@@H]2CC[C@H](c3cc(Nc4nc(C5CCNCC5)cn5nccc45)n[nH]3)[C@@H]2F)CC1. The van der Waals surface area contributed by atoms with Crippen LogP contribution in [-0.4, -0.2) is 61.8 Å². The van der Waals surface area contributed by atoms with Crippen LogP contribution in [0.3, 0.4) is 0 Å². The zero-order valence-corrected chi connectivity index (χ0v) is 19.8. The minimum atomic E-state index is -1.29. The first-order chi connectivity index (χ1) is 17.0. The number of carbonyl (C=O) groups excluding carboxylic acids is 1. The highest BCUT2D eigenvalue weighted by molar-refractivity contribution is 5.72. The van der Waals surface area contributed by atoms with Gasteiger partial charge >= 0.3 is 6.09 Å². The lowest BCUT2D eigenvalue weighted by Crippen LogP contribution is -2.38. The Morgan fingerprint density at radius 2 is 2.09 bits per heavy atom. The maximum absolute atomic E-state index is 15.2. The van der Waals surface area contributed by atoms with Gasteiger partial charge in [0.2, 0.25) is 0 Å². The van der Waals surface area contributed by atoms with Crippen molar-refractivity contribution in [3.63, 3.8) is 0 Å². The van der Waals surface area contributed by atoms with Gasteiger partial charge < -0.3 is 20.7 Å². The van der Waals surface area contributed by atoms with Gasteiger partial charge in [0, 0.05) is 29.1 Å². The molecule has 3 fully saturated rings. The molecule has 35 heavy (non-hydrogen) atoms. The maximum atomic E-state index is 15.2. The Kier molecular flexibility index (Phi) is 5.58. The monoisotopic (exact) mass is 482 g/mol.